The van der Waals surface area contributed by atoms with Gasteiger partial charge >= 0.3 is 0 Å². The van der Waals surface area contributed by atoms with Crippen LogP contribution in [-0.4, -0.2) is 12.0 Å². The van der Waals surface area contributed by atoms with Gasteiger partial charge in [0.1, 0.15) is 11.8 Å². The lowest BCUT2D eigenvalue weighted by atomic mass is 10.00. The van der Waals surface area contributed by atoms with Crippen molar-refractivity contribution in [1.29, 1.82) is 0 Å². The van der Waals surface area contributed by atoms with Crippen molar-refractivity contribution in [2.24, 2.45) is 4.99 Å². The molecule has 1 aliphatic rings. The molecule has 0 radical (unpaired) electrons. The van der Waals surface area contributed by atoms with Gasteiger partial charge in [0.15, 0.2) is 0 Å². The van der Waals surface area contributed by atoms with Crippen molar-refractivity contribution in [3.8, 4) is 0 Å². The third-order valence-corrected chi connectivity index (χ3v) is 2.67. The fourth-order valence-electron chi connectivity index (χ4n) is 2.10. The summed E-state index contributed by atoms with van der Waals surface area (Å²) in [7, 11) is 0. The molecule has 0 bridgehead atoms. The molecule has 0 aliphatic carbocycles. The maximum Gasteiger partial charge on any atom is 0.114 e. The minimum atomic E-state index is -0.216. The Bertz CT molecular complexity index is 372. The second kappa shape index (κ2) is 3.66. The zero-order valence-electron chi connectivity index (χ0n) is 9.41. The van der Waals surface area contributed by atoms with Crippen molar-refractivity contribution in [2.45, 2.75) is 32.6 Å². The summed E-state index contributed by atoms with van der Waals surface area (Å²) in [5.74, 6) is 0.979. The molecular weight excluding hydrogens is 186 g/mol. The van der Waals surface area contributed by atoms with Crippen molar-refractivity contribution >= 4 is 5.84 Å². The van der Waals surface area contributed by atoms with E-state index < -0.39 is 0 Å². The Balaban J connectivity index is 2.33. The predicted octanol–water partition coefficient (Wildman–Crippen LogP) is 1.82. The van der Waals surface area contributed by atoms with Gasteiger partial charge in [0.05, 0.1) is 5.84 Å². The molecule has 1 aromatic rings. The molecule has 80 valence electrons. The highest BCUT2D eigenvalue weighted by molar-refractivity contribution is 5.81. The zero-order valence-corrected chi connectivity index (χ0v) is 9.41. The Morgan fingerprint density at radius 2 is 1.93 bits per heavy atom. The predicted molar refractivity (Wildman–Crippen MR) is 62.6 cm³/mol. The molecular formula is C12H17N3. The van der Waals surface area contributed by atoms with E-state index in [4.69, 9.17) is 0 Å². The SMILES string of the molecule is CC1=NC(C)NC(C)(c2ccccc2)N1. The molecule has 0 saturated heterocycles. The molecule has 1 heterocycles. The van der Waals surface area contributed by atoms with E-state index in [0.29, 0.717) is 0 Å². The van der Waals surface area contributed by atoms with Crippen LogP contribution in [-0.2, 0) is 5.66 Å². The van der Waals surface area contributed by atoms with Gasteiger partial charge in [0.2, 0.25) is 0 Å². The summed E-state index contributed by atoms with van der Waals surface area (Å²) in [6.07, 6.45) is 0.149. The van der Waals surface area contributed by atoms with Crippen molar-refractivity contribution < 1.29 is 0 Å². The number of nitrogens with zero attached hydrogens (tertiary/aromatic N) is 1. The Morgan fingerprint density at radius 1 is 1.27 bits per heavy atom. The molecule has 1 aromatic carbocycles. The monoisotopic (exact) mass is 203 g/mol. The van der Waals surface area contributed by atoms with Crippen LogP contribution in [0.25, 0.3) is 0 Å². The molecule has 2 N–H and O–H groups in total. The quantitative estimate of drug-likeness (QED) is 0.730. The molecule has 0 spiro atoms. The standard InChI is InChI=1S/C12H17N3/c1-9-13-10(2)15-12(3,14-9)11-7-5-4-6-8-11/h4-9,14H,1-3H3,(H,13,15). The maximum absolute atomic E-state index is 4.40. The van der Waals surface area contributed by atoms with Gasteiger partial charge in [-0.1, -0.05) is 30.3 Å². The Labute approximate surface area is 90.6 Å². The molecule has 2 atom stereocenters. The van der Waals surface area contributed by atoms with Crippen LogP contribution in [0, 0.1) is 0 Å². The highest BCUT2D eigenvalue weighted by atomic mass is 15.3. The molecule has 3 heteroatoms. The topological polar surface area (TPSA) is 36.4 Å². The number of rotatable bonds is 1. The normalized spacial score (nSPS) is 30.6. The van der Waals surface area contributed by atoms with Gasteiger partial charge in [-0.2, -0.15) is 0 Å². The third-order valence-electron chi connectivity index (χ3n) is 2.67. The summed E-state index contributed by atoms with van der Waals surface area (Å²) in [4.78, 5) is 4.40. The van der Waals surface area contributed by atoms with Crippen LogP contribution in [0.15, 0.2) is 35.3 Å². The van der Waals surface area contributed by atoms with Crippen LogP contribution in [0.5, 0.6) is 0 Å². The number of benzene rings is 1. The lowest BCUT2D eigenvalue weighted by molar-refractivity contribution is 0.283. The molecule has 0 amide bonds. The van der Waals surface area contributed by atoms with Crippen LogP contribution in [0.3, 0.4) is 0 Å². The van der Waals surface area contributed by atoms with Crippen molar-refractivity contribution in [1.82, 2.24) is 10.6 Å². The average molecular weight is 203 g/mol. The van der Waals surface area contributed by atoms with E-state index in [1.807, 2.05) is 13.0 Å². The Kier molecular flexibility index (Phi) is 2.49. The molecule has 3 nitrogen and oxygen atoms in total. The van der Waals surface area contributed by atoms with Crippen molar-refractivity contribution in [3.05, 3.63) is 35.9 Å². The van der Waals surface area contributed by atoms with E-state index in [1.54, 1.807) is 0 Å². The summed E-state index contributed by atoms with van der Waals surface area (Å²) < 4.78 is 0. The van der Waals surface area contributed by atoms with Crippen LogP contribution in [0.4, 0.5) is 0 Å². The Morgan fingerprint density at radius 3 is 2.53 bits per heavy atom. The summed E-state index contributed by atoms with van der Waals surface area (Å²) in [5, 5.41) is 6.82. The molecule has 15 heavy (non-hydrogen) atoms. The summed E-state index contributed by atoms with van der Waals surface area (Å²) >= 11 is 0. The number of amidine groups is 1. The van der Waals surface area contributed by atoms with E-state index >= 15 is 0 Å². The van der Waals surface area contributed by atoms with Gasteiger partial charge in [0, 0.05) is 0 Å². The molecule has 2 unspecified atom stereocenters. The summed E-state index contributed by atoms with van der Waals surface area (Å²) in [6.45, 7) is 6.20. The first-order chi connectivity index (χ1) is 7.10. The maximum atomic E-state index is 4.40. The van der Waals surface area contributed by atoms with E-state index in [2.05, 4.69) is 53.7 Å². The molecule has 0 fully saturated rings. The van der Waals surface area contributed by atoms with Gasteiger partial charge < -0.3 is 5.32 Å². The minimum absolute atomic E-state index is 0.149. The van der Waals surface area contributed by atoms with Crippen LogP contribution >= 0.6 is 0 Å². The highest BCUT2D eigenvalue weighted by Crippen LogP contribution is 2.20. The van der Waals surface area contributed by atoms with Gasteiger partial charge in [-0.3, -0.25) is 10.3 Å². The molecule has 1 aliphatic heterocycles. The first-order valence-corrected chi connectivity index (χ1v) is 5.26. The van der Waals surface area contributed by atoms with E-state index in [1.165, 1.54) is 5.56 Å². The van der Waals surface area contributed by atoms with Crippen LogP contribution < -0.4 is 10.6 Å². The number of aliphatic imine (C=N–C) groups is 1. The van der Waals surface area contributed by atoms with E-state index in [9.17, 15) is 0 Å². The molecule has 0 aromatic heterocycles. The second-order valence-corrected chi connectivity index (χ2v) is 4.15. The van der Waals surface area contributed by atoms with Gasteiger partial charge in [-0.15, -0.1) is 0 Å². The lowest BCUT2D eigenvalue weighted by Gasteiger charge is -2.38. The highest BCUT2D eigenvalue weighted by Gasteiger charge is 2.30. The van der Waals surface area contributed by atoms with Crippen molar-refractivity contribution in [2.75, 3.05) is 0 Å². The van der Waals surface area contributed by atoms with Crippen molar-refractivity contribution in [3.63, 3.8) is 0 Å². The largest absolute Gasteiger partial charge is 0.352 e. The number of nitrogens with one attached hydrogen (secondary N) is 2. The fourth-order valence-corrected chi connectivity index (χ4v) is 2.10. The number of hydrogen-bond donors (Lipinski definition) is 2. The smallest absolute Gasteiger partial charge is 0.114 e. The fraction of sp³-hybridized carbons (Fsp3) is 0.417. The first kappa shape index (κ1) is 10.2. The van der Waals surface area contributed by atoms with Gasteiger partial charge in [0.25, 0.3) is 0 Å². The lowest BCUT2D eigenvalue weighted by Crippen LogP contribution is -2.59. The Hall–Kier alpha value is -1.35. The van der Waals surface area contributed by atoms with Gasteiger partial charge in [-0.25, -0.2) is 0 Å². The molecule has 0 saturated carbocycles. The van der Waals surface area contributed by atoms with E-state index in [0.717, 1.165) is 5.84 Å². The summed E-state index contributed by atoms with van der Waals surface area (Å²) in [6, 6.07) is 10.4. The average Bonchev–Trinajstić information content (AvgIpc) is 2.17. The third kappa shape index (κ3) is 2.02. The van der Waals surface area contributed by atoms with Crippen LogP contribution in [0.2, 0.25) is 0 Å². The first-order valence-electron chi connectivity index (χ1n) is 5.26. The van der Waals surface area contributed by atoms with Crippen LogP contribution in [0.1, 0.15) is 26.3 Å². The molecule has 2 rings (SSSR count). The zero-order chi connectivity index (χ0) is 10.9. The van der Waals surface area contributed by atoms with E-state index in [-0.39, 0.29) is 11.8 Å². The minimum Gasteiger partial charge on any atom is -0.352 e. The second-order valence-electron chi connectivity index (χ2n) is 4.15. The number of hydrogen-bond acceptors (Lipinski definition) is 3. The van der Waals surface area contributed by atoms with Gasteiger partial charge in [-0.05, 0) is 26.3 Å². The summed E-state index contributed by atoms with van der Waals surface area (Å²) in [5.41, 5.74) is 1.01.